The average Bonchev–Trinajstić information content (AvgIpc) is 2.30. The number of nitrogens with one attached hydrogen (secondary N) is 1. The number of carbonyl (C=O) groups is 1. The highest BCUT2D eigenvalue weighted by atomic mass is 16.1. The summed E-state index contributed by atoms with van der Waals surface area (Å²) >= 11 is 0. The lowest BCUT2D eigenvalue weighted by Crippen LogP contribution is -2.42. The van der Waals surface area contributed by atoms with Gasteiger partial charge in [-0.3, -0.25) is 4.79 Å². The van der Waals surface area contributed by atoms with E-state index in [1.807, 2.05) is 0 Å². The lowest BCUT2D eigenvalue weighted by atomic mass is 9.70. The molecular weight excluding hydrogens is 198 g/mol. The number of Topliss-reactive ketones (excluding diaryl/α,β-unsaturated/α-hetero) is 1. The van der Waals surface area contributed by atoms with Crippen molar-refractivity contribution in [2.24, 2.45) is 11.3 Å². The van der Waals surface area contributed by atoms with Crippen LogP contribution in [-0.2, 0) is 4.79 Å². The summed E-state index contributed by atoms with van der Waals surface area (Å²) in [5.74, 6) is 1.08. The predicted octanol–water partition coefficient (Wildman–Crippen LogP) is 3.16. The van der Waals surface area contributed by atoms with Crippen LogP contribution in [0.5, 0.6) is 0 Å². The molecule has 0 aromatic rings. The van der Waals surface area contributed by atoms with Crippen LogP contribution in [-0.4, -0.2) is 18.9 Å². The van der Waals surface area contributed by atoms with Gasteiger partial charge >= 0.3 is 0 Å². The Morgan fingerprint density at radius 1 is 1.31 bits per heavy atom. The maximum Gasteiger partial charge on any atom is 0.139 e. The Morgan fingerprint density at radius 3 is 2.44 bits per heavy atom. The Labute approximate surface area is 100 Å². The summed E-state index contributed by atoms with van der Waals surface area (Å²) in [6.07, 6.45) is 6.23. The Kier molecular flexibility index (Phi) is 5.47. The maximum absolute atomic E-state index is 12.5. The van der Waals surface area contributed by atoms with Crippen molar-refractivity contribution < 1.29 is 4.79 Å². The molecule has 0 radical (unpaired) electrons. The summed E-state index contributed by atoms with van der Waals surface area (Å²) in [4.78, 5) is 12.5. The largest absolute Gasteiger partial charge is 0.317 e. The van der Waals surface area contributed by atoms with Crippen molar-refractivity contribution in [1.82, 2.24) is 5.32 Å². The molecule has 1 saturated heterocycles. The molecule has 0 bridgehead atoms. The molecule has 1 atom stereocenters. The highest BCUT2D eigenvalue weighted by Crippen LogP contribution is 2.37. The molecule has 1 fully saturated rings. The number of carbonyl (C=O) groups excluding carboxylic acids is 1. The van der Waals surface area contributed by atoms with Gasteiger partial charge in [-0.2, -0.15) is 0 Å². The fraction of sp³-hybridized carbons (Fsp3) is 0.929. The Bertz CT molecular complexity index is 213. The molecule has 0 saturated carbocycles. The lowest BCUT2D eigenvalue weighted by Gasteiger charge is -2.37. The van der Waals surface area contributed by atoms with Gasteiger partial charge in [0.05, 0.1) is 0 Å². The van der Waals surface area contributed by atoms with Gasteiger partial charge < -0.3 is 5.32 Å². The van der Waals surface area contributed by atoms with E-state index in [1.165, 1.54) is 0 Å². The summed E-state index contributed by atoms with van der Waals surface area (Å²) in [6, 6.07) is 0. The van der Waals surface area contributed by atoms with Gasteiger partial charge in [0, 0.05) is 11.8 Å². The van der Waals surface area contributed by atoms with Crippen molar-refractivity contribution in [3.8, 4) is 0 Å². The van der Waals surface area contributed by atoms with E-state index < -0.39 is 0 Å². The third-order valence-electron chi connectivity index (χ3n) is 4.11. The molecule has 0 amide bonds. The Balaban J connectivity index is 2.64. The van der Waals surface area contributed by atoms with E-state index in [0.717, 1.165) is 51.6 Å². The maximum atomic E-state index is 12.5. The van der Waals surface area contributed by atoms with Crippen molar-refractivity contribution in [3.63, 3.8) is 0 Å². The van der Waals surface area contributed by atoms with Crippen LogP contribution in [0.1, 0.15) is 59.3 Å². The molecule has 94 valence electrons. The number of hydrogen-bond donors (Lipinski definition) is 1. The first-order chi connectivity index (χ1) is 7.64. The van der Waals surface area contributed by atoms with E-state index in [0.29, 0.717) is 11.7 Å². The zero-order valence-corrected chi connectivity index (χ0v) is 11.1. The van der Waals surface area contributed by atoms with Crippen molar-refractivity contribution in [2.75, 3.05) is 13.1 Å². The Hall–Kier alpha value is -0.370. The molecule has 0 spiro atoms. The van der Waals surface area contributed by atoms with Crippen LogP contribution in [0.25, 0.3) is 0 Å². The second-order valence-corrected chi connectivity index (χ2v) is 5.42. The normalized spacial score (nSPS) is 21.7. The number of hydrogen-bond acceptors (Lipinski definition) is 2. The Morgan fingerprint density at radius 2 is 1.94 bits per heavy atom. The van der Waals surface area contributed by atoms with Crippen LogP contribution >= 0.6 is 0 Å². The molecule has 1 heterocycles. The zero-order chi connectivity index (χ0) is 12.0. The topological polar surface area (TPSA) is 29.1 Å². The summed E-state index contributed by atoms with van der Waals surface area (Å²) in [5, 5.41) is 3.37. The minimum absolute atomic E-state index is 0.0173. The van der Waals surface area contributed by atoms with Crippen LogP contribution in [0.15, 0.2) is 0 Å². The van der Waals surface area contributed by atoms with Crippen molar-refractivity contribution >= 4 is 5.78 Å². The summed E-state index contributed by atoms with van der Waals surface area (Å²) in [6.45, 7) is 8.60. The van der Waals surface area contributed by atoms with Crippen LogP contribution < -0.4 is 5.32 Å². The molecule has 0 aromatic carbocycles. The molecule has 1 aliphatic rings. The van der Waals surface area contributed by atoms with Gasteiger partial charge in [0.2, 0.25) is 0 Å². The molecule has 1 unspecified atom stereocenters. The van der Waals surface area contributed by atoms with E-state index >= 15 is 0 Å². The summed E-state index contributed by atoms with van der Waals surface area (Å²) < 4.78 is 0. The number of rotatable bonds is 6. The van der Waals surface area contributed by atoms with Gasteiger partial charge in [0.15, 0.2) is 0 Å². The number of ketones is 1. The summed E-state index contributed by atoms with van der Waals surface area (Å²) in [7, 11) is 0. The zero-order valence-electron chi connectivity index (χ0n) is 11.1. The first-order valence-electron chi connectivity index (χ1n) is 6.88. The average molecular weight is 225 g/mol. The first-order valence-corrected chi connectivity index (χ1v) is 6.88. The van der Waals surface area contributed by atoms with Gasteiger partial charge in [-0.05, 0) is 38.3 Å². The molecule has 1 aliphatic heterocycles. The van der Waals surface area contributed by atoms with Crippen molar-refractivity contribution in [3.05, 3.63) is 0 Å². The van der Waals surface area contributed by atoms with Crippen LogP contribution in [0.3, 0.4) is 0 Å². The fourth-order valence-corrected chi connectivity index (χ4v) is 2.73. The molecule has 0 aliphatic carbocycles. The standard InChI is InChI=1S/C14H27NO/c1-4-6-14(7-9-15-10-8-14)13(16)11-12(3)5-2/h12,15H,4-11H2,1-3H3. The number of piperidine rings is 1. The van der Waals surface area contributed by atoms with Crippen molar-refractivity contribution in [2.45, 2.75) is 59.3 Å². The van der Waals surface area contributed by atoms with Gasteiger partial charge in [-0.15, -0.1) is 0 Å². The third-order valence-corrected chi connectivity index (χ3v) is 4.11. The van der Waals surface area contributed by atoms with Gasteiger partial charge in [-0.1, -0.05) is 33.6 Å². The minimum Gasteiger partial charge on any atom is -0.317 e. The molecule has 16 heavy (non-hydrogen) atoms. The van der Waals surface area contributed by atoms with Crippen LogP contribution in [0, 0.1) is 11.3 Å². The highest BCUT2D eigenvalue weighted by Gasteiger charge is 2.38. The second-order valence-electron chi connectivity index (χ2n) is 5.42. The molecule has 1 rings (SSSR count). The highest BCUT2D eigenvalue weighted by molar-refractivity contribution is 5.85. The van der Waals surface area contributed by atoms with E-state index in [4.69, 9.17) is 0 Å². The van der Waals surface area contributed by atoms with Gasteiger partial charge in [0.1, 0.15) is 5.78 Å². The quantitative estimate of drug-likeness (QED) is 0.752. The monoisotopic (exact) mass is 225 g/mol. The second kappa shape index (κ2) is 6.39. The molecule has 2 nitrogen and oxygen atoms in total. The molecule has 0 aromatic heterocycles. The van der Waals surface area contributed by atoms with E-state index in [9.17, 15) is 4.79 Å². The predicted molar refractivity (Wildman–Crippen MR) is 68.5 cm³/mol. The third kappa shape index (κ3) is 3.31. The fourth-order valence-electron chi connectivity index (χ4n) is 2.73. The van der Waals surface area contributed by atoms with E-state index in [-0.39, 0.29) is 5.41 Å². The van der Waals surface area contributed by atoms with Gasteiger partial charge in [-0.25, -0.2) is 0 Å². The van der Waals surface area contributed by atoms with Crippen LogP contribution in [0.2, 0.25) is 0 Å². The first kappa shape index (κ1) is 13.7. The smallest absolute Gasteiger partial charge is 0.139 e. The molecule has 2 heteroatoms. The minimum atomic E-state index is 0.0173. The van der Waals surface area contributed by atoms with Crippen LogP contribution in [0.4, 0.5) is 0 Å². The lowest BCUT2D eigenvalue weighted by molar-refractivity contribution is -0.131. The summed E-state index contributed by atoms with van der Waals surface area (Å²) in [5.41, 5.74) is 0.0173. The van der Waals surface area contributed by atoms with Gasteiger partial charge in [0.25, 0.3) is 0 Å². The van der Waals surface area contributed by atoms with Crippen molar-refractivity contribution in [1.29, 1.82) is 0 Å². The van der Waals surface area contributed by atoms with E-state index in [1.54, 1.807) is 0 Å². The van der Waals surface area contributed by atoms with E-state index in [2.05, 4.69) is 26.1 Å². The SMILES string of the molecule is CCCC1(C(=O)CC(C)CC)CCNCC1. The molecule has 1 N–H and O–H groups in total. The molecular formula is C14H27NO.